The molecule has 192 valence electrons. The van der Waals surface area contributed by atoms with E-state index in [2.05, 4.69) is 72.7 Å². The van der Waals surface area contributed by atoms with Crippen LogP contribution < -0.4 is 5.19 Å². The van der Waals surface area contributed by atoms with Gasteiger partial charge in [-0.2, -0.15) is 0 Å². The van der Waals surface area contributed by atoms with Gasteiger partial charge in [-0.25, -0.2) is 4.98 Å². The number of fused-ring (bicyclic) bond motifs is 4. The lowest BCUT2D eigenvalue weighted by Crippen LogP contribution is -2.37. The van der Waals surface area contributed by atoms with Crippen LogP contribution in [0.3, 0.4) is 0 Å². The second-order valence-electron chi connectivity index (χ2n) is 12.1. The maximum atomic E-state index is 9.09. The Morgan fingerprint density at radius 1 is 0.763 bits per heavy atom. The molecule has 2 nitrogen and oxygen atoms in total. The van der Waals surface area contributed by atoms with E-state index < -0.39 is 19.9 Å². The van der Waals surface area contributed by atoms with E-state index in [4.69, 9.17) is 7.73 Å². The molecule has 1 heterocycles. The summed E-state index contributed by atoms with van der Waals surface area (Å²) in [6, 6.07) is 28.0. The number of nitrogens with zero attached hydrogens (tertiary/aromatic N) is 2. The molecule has 0 saturated carbocycles. The summed E-state index contributed by atoms with van der Waals surface area (Å²) in [4.78, 5) is 5.25. The van der Waals surface area contributed by atoms with Crippen LogP contribution in [0.5, 0.6) is 0 Å². The topological polar surface area (TPSA) is 17.8 Å². The minimum Gasteiger partial charge on any atom is -0.292 e. The van der Waals surface area contributed by atoms with Gasteiger partial charge in [0.2, 0.25) is 0 Å². The van der Waals surface area contributed by atoms with Gasteiger partial charge >= 0.3 is 0 Å². The van der Waals surface area contributed by atoms with Crippen LogP contribution in [0.25, 0.3) is 39.2 Å². The lowest BCUT2D eigenvalue weighted by atomic mass is 9.92. The summed E-state index contributed by atoms with van der Waals surface area (Å²) in [6.45, 7) is 14.9. The molecule has 0 saturated heterocycles. The maximum absolute atomic E-state index is 9.09. The molecule has 0 atom stereocenters. The molecule has 0 aliphatic heterocycles. The molecule has 0 unspecified atom stereocenters. The predicted molar refractivity (Wildman–Crippen MR) is 166 cm³/mol. The van der Waals surface area contributed by atoms with E-state index in [0.717, 1.165) is 45.7 Å². The fraction of sp³-hybridized carbons (Fsp3) is 0.286. The summed E-state index contributed by atoms with van der Waals surface area (Å²) >= 11 is 0. The number of imidazole rings is 1. The number of hydrogen-bond acceptors (Lipinski definition) is 1. The molecule has 0 amide bonds. The Morgan fingerprint density at radius 2 is 1.42 bits per heavy atom. The number of rotatable bonds is 5. The van der Waals surface area contributed by atoms with E-state index >= 15 is 0 Å². The lowest BCUT2D eigenvalue weighted by Gasteiger charge is -2.23. The fourth-order valence-corrected chi connectivity index (χ4v) is 7.11. The molecule has 1 aliphatic carbocycles. The van der Waals surface area contributed by atoms with Crippen LogP contribution in [0.4, 0.5) is 0 Å². The molecular formula is C35H38N2Si. The highest BCUT2D eigenvalue weighted by molar-refractivity contribution is 6.88. The number of benzene rings is 4. The van der Waals surface area contributed by atoms with Crippen LogP contribution >= 0.6 is 0 Å². The van der Waals surface area contributed by atoms with Gasteiger partial charge in [0.1, 0.15) is 5.82 Å². The number of para-hydroxylation sites is 3. The SMILES string of the molecule is [2H]C(C)(C)c1cccc(C([2H])(C)C)c1-n1c(-c2cccc3c2Cc2cc([Si](C)(C)C)ccc2-3)nc2ccccc21. The van der Waals surface area contributed by atoms with E-state index in [1.54, 1.807) is 0 Å². The van der Waals surface area contributed by atoms with Crippen molar-refractivity contribution in [3.8, 4) is 28.2 Å². The molecule has 1 aromatic heterocycles. The normalized spacial score (nSPS) is 14.3. The van der Waals surface area contributed by atoms with Gasteiger partial charge in [-0.05, 0) is 63.7 Å². The van der Waals surface area contributed by atoms with Gasteiger partial charge in [0.15, 0.2) is 0 Å². The Morgan fingerprint density at radius 3 is 2.11 bits per heavy atom. The van der Waals surface area contributed by atoms with E-state index in [0.29, 0.717) is 0 Å². The molecule has 0 radical (unpaired) electrons. The van der Waals surface area contributed by atoms with E-state index in [1.165, 1.54) is 27.4 Å². The molecule has 6 rings (SSSR count). The second kappa shape index (κ2) is 9.09. The molecule has 0 fully saturated rings. The lowest BCUT2D eigenvalue weighted by molar-refractivity contribution is 0.811. The standard InChI is InChI=1S/C35H38N2Si/c1-22(2)26-12-10-13-27(23(3)4)34(26)37-33-17-9-8-16-32(33)36-35(37)30-15-11-14-29-28-19-18-25(38(5,6)7)20-24(28)21-31(29)30/h8-20,22-23H,21H2,1-7H3/i22D,23D. The van der Waals surface area contributed by atoms with Crippen molar-refractivity contribution >= 4 is 24.3 Å². The third-order valence-electron chi connectivity index (χ3n) is 7.94. The van der Waals surface area contributed by atoms with Crippen molar-refractivity contribution < 1.29 is 2.74 Å². The monoisotopic (exact) mass is 516 g/mol. The summed E-state index contributed by atoms with van der Waals surface area (Å²) in [5.41, 5.74) is 11.0. The Labute approximate surface area is 231 Å². The molecule has 38 heavy (non-hydrogen) atoms. The highest BCUT2D eigenvalue weighted by Gasteiger charge is 2.28. The average Bonchev–Trinajstić information content (AvgIpc) is 3.44. The fourth-order valence-electron chi connectivity index (χ4n) is 5.92. The van der Waals surface area contributed by atoms with Crippen molar-refractivity contribution in [3.05, 3.63) is 101 Å². The van der Waals surface area contributed by atoms with E-state index in [-0.39, 0.29) is 0 Å². The summed E-state index contributed by atoms with van der Waals surface area (Å²) in [6.07, 6.45) is 0.880. The quantitative estimate of drug-likeness (QED) is 0.209. The zero-order valence-electron chi connectivity index (χ0n) is 25.6. The van der Waals surface area contributed by atoms with Crippen molar-refractivity contribution in [2.24, 2.45) is 0 Å². The van der Waals surface area contributed by atoms with Gasteiger partial charge in [-0.3, -0.25) is 4.57 Å². The van der Waals surface area contributed by atoms with Crippen molar-refractivity contribution in [1.82, 2.24) is 9.55 Å². The van der Waals surface area contributed by atoms with Crippen molar-refractivity contribution in [2.45, 2.75) is 65.5 Å². The minimum atomic E-state index is -1.43. The van der Waals surface area contributed by atoms with Gasteiger partial charge in [0, 0.05) is 8.30 Å². The number of aromatic nitrogens is 2. The molecule has 5 aromatic rings. The zero-order valence-corrected chi connectivity index (χ0v) is 24.6. The van der Waals surface area contributed by atoms with Crippen molar-refractivity contribution in [3.63, 3.8) is 0 Å². The van der Waals surface area contributed by atoms with Crippen LogP contribution in [0.2, 0.25) is 19.6 Å². The molecule has 0 N–H and O–H groups in total. The summed E-state index contributed by atoms with van der Waals surface area (Å²) in [5.74, 6) is -0.846. The minimum absolute atomic E-state index is 0.860. The van der Waals surface area contributed by atoms with E-state index in [1.807, 2.05) is 58.0 Å². The molecule has 0 spiro atoms. The van der Waals surface area contributed by atoms with Crippen LogP contribution in [-0.2, 0) is 6.42 Å². The van der Waals surface area contributed by atoms with Crippen molar-refractivity contribution in [2.75, 3.05) is 0 Å². The maximum Gasteiger partial charge on any atom is 0.146 e. The molecule has 3 heteroatoms. The van der Waals surface area contributed by atoms with Gasteiger partial charge in [-0.1, -0.05) is 119 Å². The van der Waals surface area contributed by atoms with Crippen LogP contribution in [0.15, 0.2) is 78.9 Å². The predicted octanol–water partition coefficient (Wildman–Crippen LogP) is 9.06. The molecule has 4 aromatic carbocycles. The Balaban J connectivity index is 1.66. The van der Waals surface area contributed by atoms with Gasteiger partial charge in [0.25, 0.3) is 0 Å². The van der Waals surface area contributed by atoms with Crippen LogP contribution in [-0.4, -0.2) is 17.6 Å². The van der Waals surface area contributed by atoms with E-state index in [9.17, 15) is 0 Å². The molecular weight excluding hydrogens is 476 g/mol. The van der Waals surface area contributed by atoms with Crippen molar-refractivity contribution in [1.29, 1.82) is 0 Å². The molecule has 1 aliphatic rings. The highest BCUT2D eigenvalue weighted by Crippen LogP contribution is 2.43. The van der Waals surface area contributed by atoms with Gasteiger partial charge < -0.3 is 0 Å². The Hall–Kier alpha value is -3.43. The Kier molecular flexibility index (Phi) is 5.39. The summed E-state index contributed by atoms with van der Waals surface area (Å²) in [7, 11) is -1.43. The largest absolute Gasteiger partial charge is 0.292 e. The summed E-state index contributed by atoms with van der Waals surface area (Å²) < 4.78 is 20.4. The third-order valence-corrected chi connectivity index (χ3v) is 9.99. The first-order chi connectivity index (χ1) is 18.7. The number of hydrogen-bond donors (Lipinski definition) is 0. The third kappa shape index (κ3) is 3.96. The first-order valence-corrected chi connectivity index (χ1v) is 17.1. The van der Waals surface area contributed by atoms with Gasteiger partial charge in [-0.15, -0.1) is 0 Å². The first-order valence-electron chi connectivity index (χ1n) is 14.6. The van der Waals surface area contributed by atoms with Crippen LogP contribution in [0, 0.1) is 0 Å². The van der Waals surface area contributed by atoms with Crippen LogP contribution in [0.1, 0.15) is 64.5 Å². The molecule has 0 bridgehead atoms. The Bertz CT molecular complexity index is 1750. The first kappa shape index (κ1) is 22.5. The smallest absolute Gasteiger partial charge is 0.146 e. The zero-order chi connectivity index (χ0) is 28.6. The second-order valence-corrected chi connectivity index (χ2v) is 17.2. The average molecular weight is 517 g/mol. The van der Waals surface area contributed by atoms with Gasteiger partial charge in [0.05, 0.1) is 24.8 Å². The highest BCUT2D eigenvalue weighted by atomic mass is 28.3. The summed E-state index contributed by atoms with van der Waals surface area (Å²) in [5, 5.41) is 1.49.